The Morgan fingerprint density at radius 3 is 2.30 bits per heavy atom. The van der Waals surface area contributed by atoms with E-state index in [-0.39, 0.29) is 28.9 Å². The lowest BCUT2D eigenvalue weighted by Crippen LogP contribution is -2.56. The lowest BCUT2D eigenvalue weighted by molar-refractivity contribution is -0.122. The van der Waals surface area contributed by atoms with Crippen LogP contribution in [-0.4, -0.2) is 50.0 Å². The highest BCUT2D eigenvalue weighted by Crippen LogP contribution is 2.44. The number of para-hydroxylation sites is 1. The van der Waals surface area contributed by atoms with Crippen LogP contribution >= 0.6 is 0 Å². The number of carbonyl (C=O) groups is 1. The number of aromatic nitrogens is 1. The van der Waals surface area contributed by atoms with Crippen LogP contribution in [0.3, 0.4) is 0 Å². The number of nitrogens with zero attached hydrogens (tertiary/aromatic N) is 2. The number of benzene rings is 3. The Kier molecular flexibility index (Phi) is 7.96. The Labute approximate surface area is 254 Å². The first-order chi connectivity index (χ1) is 20.7. The van der Waals surface area contributed by atoms with Gasteiger partial charge in [-0.05, 0) is 86.9 Å². The van der Waals surface area contributed by atoms with E-state index in [4.69, 9.17) is 4.74 Å². The molecule has 1 amide bonds. The number of likely N-dealkylation sites (tertiary alicyclic amines) is 1. The maximum atomic E-state index is 13.6. The topological polar surface area (TPSA) is 92.7 Å². The van der Waals surface area contributed by atoms with Crippen molar-refractivity contribution in [1.82, 2.24) is 14.8 Å². The molecule has 1 aromatic heterocycles. The number of hydrogen-bond donors (Lipinski definition) is 2. The molecule has 4 aromatic rings. The number of anilines is 1. The van der Waals surface area contributed by atoms with Crippen molar-refractivity contribution in [3.63, 3.8) is 0 Å². The minimum atomic E-state index is -3.90. The van der Waals surface area contributed by atoms with E-state index in [1.165, 1.54) is 12.0 Å². The zero-order chi connectivity index (χ0) is 30.2. The van der Waals surface area contributed by atoms with E-state index >= 15 is 0 Å². The van der Waals surface area contributed by atoms with E-state index in [0.29, 0.717) is 28.1 Å². The van der Waals surface area contributed by atoms with Gasteiger partial charge >= 0.3 is 0 Å². The van der Waals surface area contributed by atoms with Gasteiger partial charge in [-0.1, -0.05) is 42.5 Å². The molecule has 8 nitrogen and oxygen atoms in total. The quantitative estimate of drug-likeness (QED) is 0.256. The summed E-state index contributed by atoms with van der Waals surface area (Å²) in [5.41, 5.74) is 3.75. The fourth-order valence-electron chi connectivity index (χ4n) is 7.07. The second-order valence-corrected chi connectivity index (χ2v) is 13.6. The summed E-state index contributed by atoms with van der Waals surface area (Å²) in [4.78, 5) is 16.2. The molecular weight excluding hydrogens is 560 g/mol. The SMILES string of the molecule is COc1cc(C)c(S(=O)(=O)Nc2cccc3ccn(CC(=O)NC4CCC(c5ccccc5)(N5CCC5)CC4)c23)c(C)c1. The minimum Gasteiger partial charge on any atom is -0.497 e. The van der Waals surface area contributed by atoms with Gasteiger partial charge in [0.15, 0.2) is 0 Å². The number of fused-ring (bicyclic) bond motifs is 1. The predicted molar refractivity (Wildman–Crippen MR) is 170 cm³/mol. The third-order valence-electron chi connectivity index (χ3n) is 9.24. The number of aryl methyl sites for hydroxylation is 2. The van der Waals surface area contributed by atoms with Gasteiger partial charge in [0.2, 0.25) is 5.91 Å². The second kappa shape index (κ2) is 11.7. The molecule has 3 aromatic carbocycles. The molecule has 0 spiro atoms. The first-order valence-electron chi connectivity index (χ1n) is 15.1. The maximum absolute atomic E-state index is 13.6. The molecule has 0 radical (unpaired) electrons. The summed E-state index contributed by atoms with van der Waals surface area (Å²) in [6.07, 6.45) is 6.98. The van der Waals surface area contributed by atoms with Crippen molar-refractivity contribution in [1.29, 1.82) is 0 Å². The van der Waals surface area contributed by atoms with Crippen molar-refractivity contribution < 1.29 is 17.9 Å². The van der Waals surface area contributed by atoms with Crippen LogP contribution in [0.5, 0.6) is 5.75 Å². The van der Waals surface area contributed by atoms with Gasteiger partial charge in [0, 0.05) is 36.3 Å². The van der Waals surface area contributed by atoms with Gasteiger partial charge in [0.25, 0.3) is 10.0 Å². The minimum absolute atomic E-state index is 0.0595. The third-order valence-corrected chi connectivity index (χ3v) is 10.9. The molecule has 9 heteroatoms. The molecule has 2 aliphatic rings. The molecule has 6 rings (SSSR count). The van der Waals surface area contributed by atoms with Crippen molar-refractivity contribution in [2.24, 2.45) is 0 Å². The Hall–Kier alpha value is -3.82. The highest BCUT2D eigenvalue weighted by atomic mass is 32.2. The number of nitrogens with one attached hydrogen (secondary N) is 2. The van der Waals surface area contributed by atoms with Gasteiger partial charge in [-0.15, -0.1) is 0 Å². The summed E-state index contributed by atoms with van der Waals surface area (Å²) >= 11 is 0. The maximum Gasteiger partial charge on any atom is 0.262 e. The first-order valence-corrected chi connectivity index (χ1v) is 16.5. The van der Waals surface area contributed by atoms with Crippen molar-refractivity contribution in [2.75, 3.05) is 24.9 Å². The average molecular weight is 601 g/mol. The van der Waals surface area contributed by atoms with Gasteiger partial charge in [-0.3, -0.25) is 14.4 Å². The molecule has 43 heavy (non-hydrogen) atoms. The Bertz CT molecular complexity index is 1710. The van der Waals surface area contributed by atoms with Crippen LogP contribution in [0.25, 0.3) is 10.9 Å². The fraction of sp³-hybridized carbons (Fsp3) is 0.382. The van der Waals surface area contributed by atoms with Gasteiger partial charge in [0.05, 0.1) is 23.2 Å². The molecule has 1 aliphatic heterocycles. The number of sulfonamides is 1. The van der Waals surface area contributed by atoms with Gasteiger partial charge in [0.1, 0.15) is 12.3 Å². The van der Waals surface area contributed by atoms with Gasteiger partial charge < -0.3 is 14.6 Å². The van der Waals surface area contributed by atoms with Crippen LogP contribution in [0.15, 0.2) is 77.8 Å². The van der Waals surface area contributed by atoms with E-state index in [0.717, 1.165) is 44.2 Å². The molecule has 2 fully saturated rings. The van der Waals surface area contributed by atoms with E-state index in [2.05, 4.69) is 45.3 Å². The van der Waals surface area contributed by atoms with Crippen LogP contribution in [0.4, 0.5) is 5.69 Å². The first kappa shape index (κ1) is 29.3. The van der Waals surface area contributed by atoms with Crippen molar-refractivity contribution >= 4 is 32.5 Å². The lowest BCUT2D eigenvalue weighted by atomic mass is 9.72. The summed E-state index contributed by atoms with van der Waals surface area (Å²) in [5.74, 6) is 0.540. The molecule has 0 bridgehead atoms. The van der Waals surface area contributed by atoms with Gasteiger partial charge in [-0.25, -0.2) is 8.42 Å². The number of ether oxygens (including phenoxy) is 1. The monoisotopic (exact) mass is 600 g/mol. The number of hydrogen-bond acceptors (Lipinski definition) is 5. The zero-order valence-electron chi connectivity index (χ0n) is 25.1. The fourth-order valence-corrected chi connectivity index (χ4v) is 8.59. The van der Waals surface area contributed by atoms with Crippen LogP contribution in [0.1, 0.15) is 48.8 Å². The molecule has 1 saturated heterocycles. The number of rotatable bonds is 9. The van der Waals surface area contributed by atoms with Crippen molar-refractivity contribution in [3.8, 4) is 5.75 Å². The Balaban J connectivity index is 1.17. The van der Waals surface area contributed by atoms with Crippen LogP contribution in [0, 0.1) is 13.8 Å². The van der Waals surface area contributed by atoms with Crippen LogP contribution in [0.2, 0.25) is 0 Å². The summed E-state index contributed by atoms with van der Waals surface area (Å²) < 4.78 is 37.1. The second-order valence-electron chi connectivity index (χ2n) is 12.0. The smallest absolute Gasteiger partial charge is 0.262 e. The van der Waals surface area contributed by atoms with Crippen molar-refractivity contribution in [2.45, 2.75) is 69.0 Å². The summed E-state index contributed by atoms with van der Waals surface area (Å²) in [5, 5.41) is 4.13. The van der Waals surface area contributed by atoms with E-state index < -0.39 is 10.0 Å². The highest BCUT2D eigenvalue weighted by molar-refractivity contribution is 7.92. The van der Waals surface area contributed by atoms with Crippen LogP contribution in [-0.2, 0) is 26.9 Å². The predicted octanol–water partition coefficient (Wildman–Crippen LogP) is 5.73. The van der Waals surface area contributed by atoms with E-state index in [1.54, 1.807) is 39.2 Å². The molecule has 0 unspecified atom stereocenters. The summed E-state index contributed by atoms with van der Waals surface area (Å²) in [6, 6.07) is 21.8. The van der Waals surface area contributed by atoms with Crippen LogP contribution < -0.4 is 14.8 Å². The highest BCUT2D eigenvalue weighted by Gasteiger charge is 2.43. The third kappa shape index (κ3) is 5.63. The average Bonchev–Trinajstić information content (AvgIpc) is 3.36. The lowest BCUT2D eigenvalue weighted by Gasteiger charge is -2.52. The van der Waals surface area contributed by atoms with Crippen molar-refractivity contribution in [3.05, 3.63) is 89.6 Å². The summed E-state index contributed by atoms with van der Waals surface area (Å²) in [7, 11) is -2.34. The van der Waals surface area contributed by atoms with E-state index in [9.17, 15) is 13.2 Å². The molecular formula is C34H40N4O4S. The number of amides is 1. The molecule has 2 heterocycles. The van der Waals surface area contributed by atoms with Gasteiger partial charge in [-0.2, -0.15) is 0 Å². The summed E-state index contributed by atoms with van der Waals surface area (Å²) in [6.45, 7) is 5.90. The molecule has 1 aliphatic carbocycles. The molecule has 1 saturated carbocycles. The largest absolute Gasteiger partial charge is 0.497 e. The number of methoxy groups -OCH3 is 1. The normalized spacial score (nSPS) is 20.9. The zero-order valence-corrected chi connectivity index (χ0v) is 25.9. The molecule has 2 N–H and O–H groups in total. The molecule has 226 valence electrons. The number of carbonyl (C=O) groups excluding carboxylic acids is 1. The Morgan fingerprint density at radius 1 is 0.977 bits per heavy atom. The standard InChI is InChI=1S/C34H40N4O4S/c1-24-21-29(42-3)22-25(2)33(24)43(40,41)36-30-12-7-9-26-15-20-37(32(26)30)23-31(39)35-28-13-16-34(17-14-28,38-18-8-19-38)27-10-5-4-6-11-27/h4-7,9-12,15,20-22,28,36H,8,13-14,16-19,23H2,1-3H3,(H,35,39). The molecule has 0 atom stereocenters. The Morgan fingerprint density at radius 2 is 1.67 bits per heavy atom. The van der Waals surface area contributed by atoms with E-state index in [1.807, 2.05) is 29.0 Å².